The van der Waals surface area contributed by atoms with Crippen LogP contribution in [-0.2, 0) is 14.4 Å². The molecule has 0 saturated carbocycles. The SMILES string of the molecule is CCCCCN1C(=O)C(=C2SC(=S)N(CCC(=O)O)C2=O)c2cc(Br)ccc21. The first-order valence-electron chi connectivity index (χ1n) is 8.96. The number of hydrogen-bond donors (Lipinski definition) is 1. The van der Waals surface area contributed by atoms with Gasteiger partial charge in [0, 0.05) is 23.1 Å². The van der Waals surface area contributed by atoms with Gasteiger partial charge in [-0.05, 0) is 24.6 Å². The summed E-state index contributed by atoms with van der Waals surface area (Å²) >= 11 is 9.77. The summed E-state index contributed by atoms with van der Waals surface area (Å²) in [6.07, 6.45) is 2.74. The molecule has 148 valence electrons. The van der Waals surface area contributed by atoms with E-state index in [0.717, 1.165) is 41.2 Å². The van der Waals surface area contributed by atoms with E-state index in [0.29, 0.717) is 17.7 Å². The maximum atomic E-state index is 13.2. The smallest absolute Gasteiger partial charge is 0.305 e. The van der Waals surface area contributed by atoms with E-state index in [4.69, 9.17) is 17.3 Å². The minimum atomic E-state index is -1.00. The van der Waals surface area contributed by atoms with Crippen LogP contribution >= 0.6 is 39.9 Å². The van der Waals surface area contributed by atoms with Gasteiger partial charge in [0.1, 0.15) is 4.32 Å². The quantitative estimate of drug-likeness (QED) is 0.359. The molecule has 2 aliphatic heterocycles. The standard InChI is InChI=1S/C19H19BrN2O4S2/c1-2-3-4-8-21-13-6-5-11(20)10-12(13)15(17(21)25)16-18(26)22(19(27)28-16)9-7-14(23)24/h5-6,10H,2-4,7-9H2,1H3,(H,23,24). The van der Waals surface area contributed by atoms with E-state index in [9.17, 15) is 14.4 Å². The second-order valence-electron chi connectivity index (χ2n) is 6.50. The van der Waals surface area contributed by atoms with Crippen molar-refractivity contribution >= 4 is 73.3 Å². The molecule has 3 rings (SSSR count). The summed E-state index contributed by atoms with van der Waals surface area (Å²) < 4.78 is 1.09. The molecule has 1 N–H and O–H groups in total. The molecule has 0 aromatic heterocycles. The van der Waals surface area contributed by atoms with Crippen molar-refractivity contribution in [1.82, 2.24) is 4.90 Å². The van der Waals surface area contributed by atoms with Gasteiger partial charge in [0.25, 0.3) is 11.8 Å². The van der Waals surface area contributed by atoms with Crippen LogP contribution < -0.4 is 4.90 Å². The number of carboxylic acids is 1. The average Bonchev–Trinajstić information content (AvgIpc) is 3.06. The molecular formula is C19H19BrN2O4S2. The molecule has 1 aromatic rings. The van der Waals surface area contributed by atoms with Crippen molar-refractivity contribution < 1.29 is 19.5 Å². The van der Waals surface area contributed by atoms with E-state index in [1.807, 2.05) is 18.2 Å². The van der Waals surface area contributed by atoms with Crippen molar-refractivity contribution in [3.8, 4) is 0 Å². The number of anilines is 1. The van der Waals surface area contributed by atoms with E-state index in [1.54, 1.807) is 4.90 Å². The second kappa shape index (κ2) is 8.75. The minimum absolute atomic E-state index is 0.00345. The summed E-state index contributed by atoms with van der Waals surface area (Å²) in [5.41, 5.74) is 1.84. The Morgan fingerprint density at radius 3 is 2.61 bits per heavy atom. The number of nitrogens with zero attached hydrogens (tertiary/aromatic N) is 2. The molecule has 0 unspecified atom stereocenters. The molecule has 0 bridgehead atoms. The number of rotatable bonds is 7. The van der Waals surface area contributed by atoms with E-state index in [-0.39, 0.29) is 28.1 Å². The molecule has 9 heteroatoms. The maximum Gasteiger partial charge on any atom is 0.305 e. The summed E-state index contributed by atoms with van der Waals surface area (Å²) in [4.78, 5) is 40.2. The summed E-state index contributed by atoms with van der Waals surface area (Å²) in [6.45, 7) is 2.69. The lowest BCUT2D eigenvalue weighted by molar-refractivity contribution is -0.137. The number of amides is 2. The van der Waals surface area contributed by atoms with Crippen LogP contribution in [0.5, 0.6) is 0 Å². The van der Waals surface area contributed by atoms with Crippen LogP contribution in [0.4, 0.5) is 5.69 Å². The Bertz CT molecular complexity index is 900. The molecule has 0 spiro atoms. The van der Waals surface area contributed by atoms with E-state index >= 15 is 0 Å². The Hall–Kier alpha value is -1.71. The highest BCUT2D eigenvalue weighted by Crippen LogP contribution is 2.45. The van der Waals surface area contributed by atoms with Gasteiger partial charge >= 0.3 is 5.97 Å². The van der Waals surface area contributed by atoms with E-state index in [2.05, 4.69) is 22.9 Å². The van der Waals surface area contributed by atoms with Crippen molar-refractivity contribution in [2.24, 2.45) is 0 Å². The molecule has 0 aliphatic carbocycles. The zero-order chi connectivity index (χ0) is 20.4. The number of fused-ring (bicyclic) bond motifs is 1. The highest BCUT2D eigenvalue weighted by atomic mass is 79.9. The third-order valence-electron chi connectivity index (χ3n) is 4.59. The first-order valence-corrected chi connectivity index (χ1v) is 11.0. The number of carboxylic acid groups (broad SMARTS) is 1. The molecule has 1 saturated heterocycles. The van der Waals surface area contributed by atoms with Gasteiger partial charge in [-0.3, -0.25) is 19.3 Å². The normalized spacial score (nSPS) is 19.0. The lowest BCUT2D eigenvalue weighted by Crippen LogP contribution is -2.31. The van der Waals surface area contributed by atoms with Crippen LogP contribution in [0.2, 0.25) is 0 Å². The highest BCUT2D eigenvalue weighted by molar-refractivity contribution is 9.10. The fraction of sp³-hybridized carbons (Fsp3) is 0.368. The first-order chi connectivity index (χ1) is 13.3. The van der Waals surface area contributed by atoms with Gasteiger partial charge in [0.15, 0.2) is 0 Å². The van der Waals surface area contributed by atoms with Crippen LogP contribution in [0.3, 0.4) is 0 Å². The molecule has 0 atom stereocenters. The molecule has 2 aliphatic rings. The summed E-state index contributed by atoms with van der Waals surface area (Å²) in [5, 5.41) is 8.90. The topological polar surface area (TPSA) is 77.9 Å². The number of hydrogen-bond acceptors (Lipinski definition) is 5. The predicted molar refractivity (Wildman–Crippen MR) is 117 cm³/mol. The molecular weight excluding hydrogens is 464 g/mol. The van der Waals surface area contributed by atoms with Gasteiger partial charge in [-0.15, -0.1) is 0 Å². The number of aliphatic carboxylic acids is 1. The zero-order valence-corrected chi connectivity index (χ0v) is 18.5. The zero-order valence-electron chi connectivity index (χ0n) is 15.2. The third-order valence-corrected chi connectivity index (χ3v) is 6.53. The number of carbonyl (C=O) groups excluding carboxylic acids is 2. The fourth-order valence-corrected chi connectivity index (χ4v) is 4.96. The Balaban J connectivity index is 2.00. The molecule has 0 radical (unpaired) electrons. The fourth-order valence-electron chi connectivity index (χ4n) is 3.21. The summed E-state index contributed by atoms with van der Waals surface area (Å²) in [5.74, 6) is -1.61. The average molecular weight is 483 g/mol. The maximum absolute atomic E-state index is 13.2. The van der Waals surface area contributed by atoms with Crippen LogP contribution in [0.25, 0.3) is 5.57 Å². The molecule has 1 fully saturated rings. The number of halogens is 1. The van der Waals surface area contributed by atoms with Gasteiger partial charge in [0.05, 0.1) is 22.6 Å². The number of benzene rings is 1. The van der Waals surface area contributed by atoms with Crippen LogP contribution in [0.1, 0.15) is 38.2 Å². The monoisotopic (exact) mass is 482 g/mol. The lowest BCUT2D eigenvalue weighted by Gasteiger charge is -2.16. The Morgan fingerprint density at radius 1 is 1.18 bits per heavy atom. The summed E-state index contributed by atoms with van der Waals surface area (Å²) in [7, 11) is 0. The summed E-state index contributed by atoms with van der Waals surface area (Å²) in [6, 6.07) is 5.59. The highest BCUT2D eigenvalue weighted by Gasteiger charge is 2.41. The van der Waals surface area contributed by atoms with Crippen LogP contribution in [0, 0.1) is 0 Å². The first kappa shape index (κ1) is 21.0. The van der Waals surface area contributed by atoms with Crippen molar-refractivity contribution in [3.05, 3.63) is 33.1 Å². The Kier molecular flexibility index (Phi) is 6.57. The van der Waals surface area contributed by atoms with Gasteiger partial charge in [-0.25, -0.2) is 0 Å². The minimum Gasteiger partial charge on any atom is -0.481 e. The van der Waals surface area contributed by atoms with E-state index < -0.39 is 11.9 Å². The third kappa shape index (κ3) is 4.01. The van der Waals surface area contributed by atoms with Gasteiger partial charge < -0.3 is 10.0 Å². The van der Waals surface area contributed by atoms with Crippen LogP contribution in [0.15, 0.2) is 27.6 Å². The largest absolute Gasteiger partial charge is 0.481 e. The molecule has 1 aromatic carbocycles. The molecule has 6 nitrogen and oxygen atoms in total. The molecule has 2 heterocycles. The van der Waals surface area contributed by atoms with E-state index in [1.165, 1.54) is 4.90 Å². The Labute approximate surface area is 181 Å². The Morgan fingerprint density at radius 2 is 1.93 bits per heavy atom. The van der Waals surface area contributed by atoms with Crippen molar-refractivity contribution in [1.29, 1.82) is 0 Å². The van der Waals surface area contributed by atoms with Crippen molar-refractivity contribution in [2.45, 2.75) is 32.6 Å². The lowest BCUT2D eigenvalue weighted by atomic mass is 10.1. The van der Waals surface area contributed by atoms with Gasteiger partial charge in [-0.2, -0.15) is 0 Å². The van der Waals surface area contributed by atoms with Gasteiger partial charge in [-0.1, -0.05) is 59.7 Å². The van der Waals surface area contributed by atoms with Crippen molar-refractivity contribution in [2.75, 3.05) is 18.0 Å². The second-order valence-corrected chi connectivity index (χ2v) is 9.06. The van der Waals surface area contributed by atoms with Crippen molar-refractivity contribution in [3.63, 3.8) is 0 Å². The number of thioether (sulfide) groups is 1. The molecule has 28 heavy (non-hydrogen) atoms. The number of thiocarbonyl (C=S) groups is 1. The van der Waals surface area contributed by atoms with Crippen LogP contribution in [-0.4, -0.2) is 45.2 Å². The van der Waals surface area contributed by atoms with Gasteiger partial charge in [0.2, 0.25) is 0 Å². The number of unbranched alkanes of at least 4 members (excludes halogenated alkanes) is 2. The number of carbonyl (C=O) groups is 3. The molecule has 2 amide bonds. The predicted octanol–water partition coefficient (Wildman–Crippen LogP) is 4.03.